The molecule has 3 N–H and O–H groups in total. The Morgan fingerprint density at radius 1 is 1.02 bits per heavy atom. The monoisotopic (exact) mass is 587 g/mol. The lowest BCUT2D eigenvalue weighted by Gasteiger charge is -2.35. The summed E-state index contributed by atoms with van der Waals surface area (Å²) in [4.78, 5) is 23.0. The number of aliphatic hydroxyl groups excluding tert-OH is 1. The first kappa shape index (κ1) is 27.9. The molecule has 0 atom stereocenters. The van der Waals surface area contributed by atoms with Crippen molar-refractivity contribution < 1.29 is 33.3 Å². The fraction of sp³-hybridized carbons (Fsp3) is 0.194. The Bertz CT molecular complexity index is 1820. The second-order valence-electron chi connectivity index (χ2n) is 10.1. The number of halogens is 2. The van der Waals surface area contributed by atoms with Crippen LogP contribution in [0.3, 0.4) is 0 Å². The normalized spacial score (nSPS) is 13.2. The van der Waals surface area contributed by atoms with Crippen LogP contribution in [0, 0.1) is 11.6 Å². The van der Waals surface area contributed by atoms with E-state index in [0.29, 0.717) is 22.7 Å². The van der Waals surface area contributed by atoms with Gasteiger partial charge in [0.25, 0.3) is 5.91 Å². The molecule has 0 aliphatic carbocycles. The number of aromatic nitrogens is 3. The number of carbonyl (C=O) groups is 1. The Kier molecular flexibility index (Phi) is 7.28. The van der Waals surface area contributed by atoms with Crippen molar-refractivity contribution >= 4 is 28.3 Å². The average Bonchev–Trinajstić information content (AvgIpc) is 3.30. The van der Waals surface area contributed by atoms with Crippen LogP contribution in [0.5, 0.6) is 17.4 Å². The van der Waals surface area contributed by atoms with Gasteiger partial charge in [-0.25, -0.2) is 18.7 Å². The Hall–Kier alpha value is -5.23. The van der Waals surface area contributed by atoms with Crippen LogP contribution < -0.4 is 14.8 Å². The molecule has 1 amide bonds. The zero-order valence-corrected chi connectivity index (χ0v) is 23.2. The maximum absolute atomic E-state index is 14.8. The molecule has 43 heavy (non-hydrogen) atoms. The number of rotatable bonds is 8. The van der Waals surface area contributed by atoms with E-state index < -0.39 is 23.3 Å². The van der Waals surface area contributed by atoms with Crippen LogP contribution in [-0.4, -0.2) is 69.0 Å². The summed E-state index contributed by atoms with van der Waals surface area (Å²) in [6, 6.07) is 15.3. The van der Waals surface area contributed by atoms with E-state index in [2.05, 4.69) is 15.3 Å². The molecule has 3 aromatic carbocycles. The molecule has 1 saturated heterocycles. The second-order valence-corrected chi connectivity index (χ2v) is 10.1. The van der Waals surface area contributed by atoms with Crippen LogP contribution in [0.25, 0.3) is 22.3 Å². The zero-order valence-electron chi connectivity index (χ0n) is 23.2. The molecular weight excluding hydrogens is 560 g/mol. The number of hydrogen-bond donors (Lipinski definition) is 3. The van der Waals surface area contributed by atoms with Crippen molar-refractivity contribution in [3.63, 3.8) is 0 Å². The van der Waals surface area contributed by atoms with Gasteiger partial charge < -0.3 is 34.5 Å². The molecule has 0 spiro atoms. The number of nitrogens with zero attached hydrogens (tertiary/aromatic N) is 4. The van der Waals surface area contributed by atoms with E-state index in [9.17, 15) is 23.8 Å². The highest BCUT2D eigenvalue weighted by Crippen LogP contribution is 2.37. The molecule has 0 radical (unpaired) electrons. The minimum absolute atomic E-state index is 0.102. The van der Waals surface area contributed by atoms with Gasteiger partial charge in [-0.05, 0) is 48.5 Å². The van der Waals surface area contributed by atoms with E-state index in [1.807, 2.05) is 0 Å². The van der Waals surface area contributed by atoms with Crippen molar-refractivity contribution in [1.29, 1.82) is 0 Å². The molecule has 10 nitrogen and oxygen atoms in total. The highest BCUT2D eigenvalue weighted by Gasteiger charge is 2.29. The van der Waals surface area contributed by atoms with E-state index in [-0.39, 0.29) is 54.0 Å². The number of aliphatic hydroxyl groups is 1. The molecule has 1 aliphatic rings. The first-order chi connectivity index (χ1) is 20.7. The lowest BCUT2D eigenvalue weighted by atomic mass is 10.1. The van der Waals surface area contributed by atoms with Gasteiger partial charge in [0, 0.05) is 42.2 Å². The van der Waals surface area contributed by atoms with Crippen LogP contribution in [-0.2, 0) is 6.54 Å². The highest BCUT2D eigenvalue weighted by atomic mass is 19.1. The molecule has 220 valence electrons. The Balaban J connectivity index is 1.41. The zero-order chi connectivity index (χ0) is 30.2. The third kappa shape index (κ3) is 5.28. The van der Waals surface area contributed by atoms with Crippen molar-refractivity contribution in [1.82, 2.24) is 19.4 Å². The number of likely N-dealkylation sites (tertiary alicyclic amines) is 1. The number of β-amino-alcohol motifs (C(OH)–C–C–N with tert-alkyl or cyclic N) is 1. The van der Waals surface area contributed by atoms with Crippen molar-refractivity contribution in [2.24, 2.45) is 0 Å². The van der Waals surface area contributed by atoms with E-state index in [1.54, 1.807) is 55.8 Å². The van der Waals surface area contributed by atoms with Crippen LogP contribution in [0.2, 0.25) is 0 Å². The van der Waals surface area contributed by atoms with Crippen molar-refractivity contribution in [3.8, 4) is 28.8 Å². The van der Waals surface area contributed by atoms with Gasteiger partial charge in [-0.3, -0.25) is 4.79 Å². The van der Waals surface area contributed by atoms with Crippen molar-refractivity contribution in [2.75, 3.05) is 32.6 Å². The summed E-state index contributed by atoms with van der Waals surface area (Å²) in [5, 5.41) is 24.2. The highest BCUT2D eigenvalue weighted by molar-refractivity contribution is 5.98. The van der Waals surface area contributed by atoms with Crippen LogP contribution in [0.15, 0.2) is 66.9 Å². The Labute approximate surface area is 244 Å². The SMILES string of the molecule is COc1ccc(Cn2cc3nc(-c4c(F)cccc4F)nc(Nc4ccc(C(=O)N5CC(O)C5)cc4)c3c2O)c(OC)c1. The topological polar surface area (TPSA) is 122 Å². The maximum atomic E-state index is 14.8. The van der Waals surface area contributed by atoms with Gasteiger partial charge in [-0.15, -0.1) is 0 Å². The molecule has 1 aliphatic heterocycles. The van der Waals surface area contributed by atoms with Crippen molar-refractivity contribution in [2.45, 2.75) is 12.6 Å². The van der Waals surface area contributed by atoms with Gasteiger partial charge in [0.1, 0.15) is 34.3 Å². The number of hydrogen-bond acceptors (Lipinski definition) is 8. The summed E-state index contributed by atoms with van der Waals surface area (Å²) < 4.78 is 41.9. The van der Waals surface area contributed by atoms with Crippen LogP contribution in [0.1, 0.15) is 15.9 Å². The minimum atomic E-state index is -0.837. The molecule has 0 saturated carbocycles. The Morgan fingerprint density at radius 2 is 1.74 bits per heavy atom. The fourth-order valence-corrected chi connectivity index (χ4v) is 4.98. The summed E-state index contributed by atoms with van der Waals surface area (Å²) in [5.74, 6) is -1.03. The van der Waals surface area contributed by atoms with E-state index in [1.165, 1.54) is 22.6 Å². The Morgan fingerprint density at radius 3 is 2.40 bits per heavy atom. The fourth-order valence-electron chi connectivity index (χ4n) is 4.98. The molecule has 3 heterocycles. The molecular formula is C31H27F2N5O5. The second kappa shape index (κ2) is 11.2. The molecule has 1 fully saturated rings. The van der Waals surface area contributed by atoms with Gasteiger partial charge >= 0.3 is 0 Å². The largest absolute Gasteiger partial charge is 0.497 e. The summed E-state index contributed by atoms with van der Waals surface area (Å²) in [6.45, 7) is 0.748. The number of carbonyl (C=O) groups excluding carboxylic acids is 1. The predicted molar refractivity (Wildman–Crippen MR) is 155 cm³/mol. The smallest absolute Gasteiger partial charge is 0.254 e. The standard InChI is InChI=1S/C31H27F2N5O5/c1-42-21-11-8-18(25(12-21)43-2)13-37-16-24-27(31(37)41)29(36-28(35-24)26-22(32)4-3-5-23(26)33)34-19-9-6-17(7-10-19)30(40)38-14-20(39)15-38/h3-12,16,20,39,41H,13-15H2,1-2H3,(H,34,35,36). The molecule has 2 aromatic heterocycles. The number of fused-ring (bicyclic) bond motifs is 1. The first-order valence-corrected chi connectivity index (χ1v) is 13.3. The third-order valence-corrected chi connectivity index (χ3v) is 7.28. The first-order valence-electron chi connectivity index (χ1n) is 13.3. The van der Waals surface area contributed by atoms with Gasteiger partial charge in [0.05, 0.1) is 37.9 Å². The summed E-state index contributed by atoms with van der Waals surface area (Å²) in [6.07, 6.45) is 1.05. The lowest BCUT2D eigenvalue weighted by molar-refractivity contribution is 0.00590. The molecule has 0 bridgehead atoms. The van der Waals surface area contributed by atoms with E-state index >= 15 is 0 Å². The number of anilines is 2. The molecule has 0 unspecified atom stereocenters. The average molecular weight is 588 g/mol. The summed E-state index contributed by atoms with van der Waals surface area (Å²) in [7, 11) is 3.07. The number of methoxy groups -OCH3 is 2. The van der Waals surface area contributed by atoms with Crippen LogP contribution >= 0.6 is 0 Å². The number of nitrogens with one attached hydrogen (secondary N) is 1. The number of aromatic hydroxyl groups is 1. The maximum Gasteiger partial charge on any atom is 0.254 e. The van der Waals surface area contributed by atoms with Gasteiger partial charge in [0.2, 0.25) is 5.88 Å². The van der Waals surface area contributed by atoms with Gasteiger partial charge in [-0.2, -0.15) is 0 Å². The molecule has 12 heteroatoms. The number of ether oxygens (including phenoxy) is 2. The van der Waals surface area contributed by atoms with Gasteiger partial charge in [-0.1, -0.05) is 6.07 Å². The summed E-state index contributed by atoms with van der Waals surface area (Å²) in [5.41, 5.74) is 1.50. The predicted octanol–water partition coefficient (Wildman–Crippen LogP) is 4.71. The van der Waals surface area contributed by atoms with Crippen molar-refractivity contribution in [3.05, 3.63) is 89.6 Å². The third-order valence-electron chi connectivity index (χ3n) is 7.28. The molecule has 5 aromatic rings. The quantitative estimate of drug-likeness (QED) is 0.239. The minimum Gasteiger partial charge on any atom is -0.497 e. The van der Waals surface area contributed by atoms with Crippen LogP contribution in [0.4, 0.5) is 20.3 Å². The lowest BCUT2D eigenvalue weighted by Crippen LogP contribution is -2.53. The number of amides is 1. The van der Waals surface area contributed by atoms with E-state index in [0.717, 1.165) is 17.7 Å². The number of benzene rings is 3. The summed E-state index contributed by atoms with van der Waals surface area (Å²) >= 11 is 0. The van der Waals surface area contributed by atoms with Gasteiger partial charge in [0.15, 0.2) is 5.82 Å². The van der Waals surface area contributed by atoms with E-state index in [4.69, 9.17) is 9.47 Å². The molecule has 6 rings (SSSR count).